The summed E-state index contributed by atoms with van der Waals surface area (Å²) in [6.07, 6.45) is 5.06. The van der Waals surface area contributed by atoms with Crippen molar-refractivity contribution in [3.05, 3.63) is 106 Å². The lowest BCUT2D eigenvalue weighted by Gasteiger charge is -2.31. The maximum absolute atomic E-state index is 13.7. The van der Waals surface area contributed by atoms with Crippen LogP contribution >= 0.6 is 0 Å². The Balaban J connectivity index is 1.77. The minimum Gasteiger partial charge on any atom is -0.329 e. The van der Waals surface area contributed by atoms with Crippen LogP contribution in [-0.4, -0.2) is 26.9 Å². The summed E-state index contributed by atoms with van der Waals surface area (Å²) in [6.45, 7) is 6.54. The van der Waals surface area contributed by atoms with Gasteiger partial charge in [-0.2, -0.15) is 0 Å². The number of nitrogens with zero attached hydrogens (tertiary/aromatic N) is 3. The number of halogens is 1. The monoisotopic (exact) mass is 499 g/mol. The van der Waals surface area contributed by atoms with Gasteiger partial charge < -0.3 is 4.90 Å². The molecule has 0 saturated heterocycles. The van der Waals surface area contributed by atoms with Crippen molar-refractivity contribution in [2.45, 2.75) is 58.9 Å². The lowest BCUT2D eigenvalue weighted by molar-refractivity contribution is 0.0672. The second kappa shape index (κ2) is 12.0. The molecule has 0 aliphatic heterocycles. The van der Waals surface area contributed by atoms with E-state index in [4.69, 9.17) is 4.98 Å². The van der Waals surface area contributed by atoms with Crippen molar-refractivity contribution in [2.75, 3.05) is 6.54 Å². The minimum absolute atomic E-state index is 0.109. The molecule has 4 rings (SSSR count). The Morgan fingerprint density at radius 3 is 2.30 bits per heavy atom. The molecule has 1 atom stereocenters. The van der Waals surface area contributed by atoms with E-state index in [1.165, 1.54) is 35.1 Å². The summed E-state index contributed by atoms with van der Waals surface area (Å²) in [5.74, 6) is -0.0330. The summed E-state index contributed by atoms with van der Waals surface area (Å²) in [6, 6.07) is 20.3. The topological polar surface area (TPSA) is 55.2 Å². The van der Waals surface area contributed by atoms with Crippen molar-refractivity contribution in [1.29, 1.82) is 0 Å². The molecule has 0 saturated carbocycles. The van der Waals surface area contributed by atoms with Gasteiger partial charge in [-0.05, 0) is 80.3 Å². The maximum Gasteiger partial charge on any atom is 0.266 e. The molecule has 1 unspecified atom stereocenters. The number of benzene rings is 3. The Bertz CT molecular complexity index is 1410. The molecule has 1 amide bonds. The molecule has 4 aromatic rings. The largest absolute Gasteiger partial charge is 0.329 e. The van der Waals surface area contributed by atoms with Crippen LogP contribution in [0.25, 0.3) is 16.6 Å². The molecule has 3 aromatic carbocycles. The van der Waals surface area contributed by atoms with Gasteiger partial charge in [-0.1, -0.05) is 51.0 Å². The molecule has 0 fully saturated rings. The summed E-state index contributed by atoms with van der Waals surface area (Å²) in [4.78, 5) is 34.0. The van der Waals surface area contributed by atoms with Crippen LogP contribution in [0.15, 0.2) is 77.6 Å². The lowest BCUT2D eigenvalue weighted by Crippen LogP contribution is -2.38. The number of amides is 1. The third-order valence-corrected chi connectivity index (χ3v) is 6.82. The lowest BCUT2D eigenvalue weighted by atomic mass is 10.0. The van der Waals surface area contributed by atoms with Crippen LogP contribution in [0.4, 0.5) is 4.39 Å². The van der Waals surface area contributed by atoms with Crippen molar-refractivity contribution in [3.63, 3.8) is 0 Å². The van der Waals surface area contributed by atoms with Crippen LogP contribution < -0.4 is 5.56 Å². The molecule has 1 heterocycles. The number of hydrogen-bond acceptors (Lipinski definition) is 3. The predicted molar refractivity (Wildman–Crippen MR) is 147 cm³/mol. The molecular weight excluding hydrogens is 465 g/mol. The third-order valence-electron chi connectivity index (χ3n) is 6.82. The quantitative estimate of drug-likeness (QED) is 0.224. The van der Waals surface area contributed by atoms with Crippen LogP contribution in [0.3, 0.4) is 0 Å². The van der Waals surface area contributed by atoms with Gasteiger partial charge >= 0.3 is 0 Å². The Hall–Kier alpha value is -3.80. The smallest absolute Gasteiger partial charge is 0.266 e. The molecular formula is C31H34FN3O2. The number of carbonyl (C=O) groups is 1. The zero-order chi connectivity index (χ0) is 26.4. The van der Waals surface area contributed by atoms with Gasteiger partial charge in [0.05, 0.1) is 22.6 Å². The molecule has 5 nitrogen and oxygen atoms in total. The Morgan fingerprint density at radius 1 is 0.946 bits per heavy atom. The van der Waals surface area contributed by atoms with Gasteiger partial charge in [0.2, 0.25) is 0 Å². The fourth-order valence-electron chi connectivity index (χ4n) is 4.82. The second-order valence-electron chi connectivity index (χ2n) is 9.27. The molecule has 1 aromatic heterocycles. The Morgan fingerprint density at radius 2 is 1.65 bits per heavy atom. The maximum atomic E-state index is 13.7. The third kappa shape index (κ3) is 5.63. The number of unbranched alkanes of at least 4 members (excludes halogenated alkanes) is 2. The number of hydrogen-bond donors (Lipinski definition) is 0. The average molecular weight is 500 g/mol. The highest BCUT2D eigenvalue weighted by molar-refractivity contribution is 5.94. The van der Waals surface area contributed by atoms with E-state index in [0.717, 1.165) is 12.8 Å². The normalized spacial score (nSPS) is 12.0. The van der Waals surface area contributed by atoms with Gasteiger partial charge in [-0.25, -0.2) is 9.37 Å². The summed E-state index contributed by atoms with van der Waals surface area (Å²) in [5.41, 5.74) is 2.67. The molecule has 0 aliphatic rings. The van der Waals surface area contributed by atoms with Crippen molar-refractivity contribution < 1.29 is 9.18 Å². The van der Waals surface area contributed by atoms with Crippen LogP contribution in [0.2, 0.25) is 0 Å². The van der Waals surface area contributed by atoms with Crippen molar-refractivity contribution >= 4 is 16.8 Å². The van der Waals surface area contributed by atoms with Crippen molar-refractivity contribution in [2.24, 2.45) is 0 Å². The highest BCUT2D eigenvalue weighted by atomic mass is 19.1. The molecule has 0 N–H and O–H groups in total. The van der Waals surface area contributed by atoms with E-state index in [-0.39, 0.29) is 17.3 Å². The molecule has 0 radical (unpaired) electrons. The van der Waals surface area contributed by atoms with E-state index >= 15 is 0 Å². The van der Waals surface area contributed by atoms with E-state index in [2.05, 4.69) is 6.92 Å². The van der Waals surface area contributed by atoms with Gasteiger partial charge in [-0.15, -0.1) is 0 Å². The van der Waals surface area contributed by atoms with Gasteiger partial charge in [0, 0.05) is 12.1 Å². The number of rotatable bonds is 10. The van der Waals surface area contributed by atoms with Crippen molar-refractivity contribution in [1.82, 2.24) is 14.5 Å². The summed E-state index contributed by atoms with van der Waals surface area (Å²) >= 11 is 0. The first-order valence-electron chi connectivity index (χ1n) is 13.2. The predicted octanol–water partition coefficient (Wildman–Crippen LogP) is 6.87. The van der Waals surface area contributed by atoms with Crippen molar-refractivity contribution in [3.8, 4) is 5.69 Å². The Labute approximate surface area is 217 Å². The SMILES string of the molecule is CCCCCc1ccc(C(=O)N(CC)C(CC)c2nc3ccccc3c(=O)n2-c2ccc(F)cc2)cc1. The van der Waals surface area contributed by atoms with Crippen LogP contribution in [-0.2, 0) is 6.42 Å². The van der Waals surface area contributed by atoms with E-state index < -0.39 is 6.04 Å². The highest BCUT2D eigenvalue weighted by Gasteiger charge is 2.28. The number of para-hydroxylation sites is 1. The molecule has 192 valence electrons. The summed E-state index contributed by atoms with van der Waals surface area (Å²) in [7, 11) is 0. The first-order valence-corrected chi connectivity index (χ1v) is 13.2. The zero-order valence-corrected chi connectivity index (χ0v) is 21.8. The van der Waals surface area contributed by atoms with E-state index in [9.17, 15) is 14.0 Å². The summed E-state index contributed by atoms with van der Waals surface area (Å²) < 4.78 is 15.2. The van der Waals surface area contributed by atoms with E-state index in [0.29, 0.717) is 40.9 Å². The fraction of sp³-hybridized carbons (Fsp3) is 0.323. The number of aryl methyl sites for hydroxylation is 1. The van der Waals surface area contributed by atoms with Gasteiger partial charge in [0.25, 0.3) is 11.5 Å². The minimum atomic E-state index is -0.455. The number of carbonyl (C=O) groups excluding carboxylic acids is 1. The highest BCUT2D eigenvalue weighted by Crippen LogP contribution is 2.27. The standard InChI is InChI=1S/C31H34FN3O2/c1-4-7-8-11-22-14-16-23(17-15-22)30(36)34(6-3)28(5-2)29-33-27-13-10-9-12-26(27)31(37)35(29)25-20-18-24(32)19-21-25/h9-10,12-21,28H,4-8,11H2,1-3H3. The molecule has 0 aliphatic carbocycles. The zero-order valence-electron chi connectivity index (χ0n) is 21.8. The molecule has 6 heteroatoms. The first-order chi connectivity index (χ1) is 18.0. The molecule has 0 spiro atoms. The van der Waals surface area contributed by atoms with Crippen LogP contribution in [0, 0.1) is 5.82 Å². The van der Waals surface area contributed by atoms with Crippen LogP contribution in [0.1, 0.15) is 74.2 Å². The molecule has 0 bridgehead atoms. The second-order valence-corrected chi connectivity index (χ2v) is 9.27. The summed E-state index contributed by atoms with van der Waals surface area (Å²) in [5, 5.41) is 0.471. The Kier molecular flexibility index (Phi) is 8.49. The number of aromatic nitrogens is 2. The molecule has 37 heavy (non-hydrogen) atoms. The number of fused-ring (bicyclic) bond motifs is 1. The van der Waals surface area contributed by atoms with E-state index in [1.807, 2.05) is 44.2 Å². The van der Waals surface area contributed by atoms with E-state index in [1.54, 1.807) is 35.2 Å². The first kappa shape index (κ1) is 26.3. The van der Waals surface area contributed by atoms with Gasteiger partial charge in [0.15, 0.2) is 0 Å². The average Bonchev–Trinajstić information content (AvgIpc) is 2.92. The van der Waals surface area contributed by atoms with Gasteiger partial charge in [0.1, 0.15) is 11.6 Å². The van der Waals surface area contributed by atoms with Crippen LogP contribution in [0.5, 0.6) is 0 Å². The van der Waals surface area contributed by atoms with Gasteiger partial charge in [-0.3, -0.25) is 14.2 Å². The fourth-order valence-corrected chi connectivity index (χ4v) is 4.82.